The van der Waals surface area contributed by atoms with Gasteiger partial charge in [0.2, 0.25) is 0 Å². The number of ether oxygens (including phenoxy) is 4. The summed E-state index contributed by atoms with van der Waals surface area (Å²) < 4.78 is 27.5. The molecule has 1 aliphatic heterocycles. The molecule has 1 aromatic heterocycles. The zero-order chi connectivity index (χ0) is 31.0. The van der Waals surface area contributed by atoms with Gasteiger partial charge in [-0.05, 0) is 81.1 Å². The minimum absolute atomic E-state index is 0.0394. The fourth-order valence-corrected chi connectivity index (χ4v) is 7.89. The lowest BCUT2D eigenvalue weighted by Gasteiger charge is -2.57. The Kier molecular flexibility index (Phi) is 9.13. The lowest BCUT2D eigenvalue weighted by atomic mass is 9.54. The Morgan fingerprint density at radius 3 is 2.63 bits per heavy atom. The average Bonchev–Trinajstić information content (AvgIpc) is 3.31. The topological polar surface area (TPSA) is 88.0 Å². The molecule has 0 spiro atoms. The van der Waals surface area contributed by atoms with Gasteiger partial charge < -0.3 is 28.8 Å². The van der Waals surface area contributed by atoms with Gasteiger partial charge in [-0.25, -0.2) is 4.79 Å². The molecular weight excluding hydrogens is 544 g/mol. The van der Waals surface area contributed by atoms with Crippen LogP contribution in [0.15, 0.2) is 35.9 Å². The number of hydrogen-bond acceptors (Lipinski definition) is 6. The standard InChI is InChI=1S/C35H50N2O6/c1-8-19-36-32(39)42-22-37-27-15-11-10-13-24(27)25-14-12-16-28(41-20-9-2)30-26-21-29(38)33(4,5)43-35(26,40-7)18-17-34(30,6)23(3)31(25)37/h10-11,13,15,21,23,28,30H,8-9,12,14,16-20,22H2,1-7H3,(H,36,39)/t23-,28?,30?,34+,35-/m0/s1. The molecule has 8 heteroatoms. The van der Waals surface area contributed by atoms with Crippen molar-refractivity contribution in [2.75, 3.05) is 20.3 Å². The highest BCUT2D eigenvalue weighted by Gasteiger charge is 2.60. The van der Waals surface area contributed by atoms with Gasteiger partial charge in [-0.3, -0.25) is 4.79 Å². The number of ketones is 1. The number of para-hydroxylation sites is 1. The summed E-state index contributed by atoms with van der Waals surface area (Å²) in [6.07, 6.45) is 7.21. The second-order valence-electron chi connectivity index (χ2n) is 13.3. The first-order valence-electron chi connectivity index (χ1n) is 16.2. The maximum absolute atomic E-state index is 13.5. The molecule has 2 aliphatic carbocycles. The van der Waals surface area contributed by atoms with Gasteiger partial charge in [0, 0.05) is 49.6 Å². The smallest absolute Gasteiger partial charge is 0.408 e. The van der Waals surface area contributed by atoms with Crippen LogP contribution in [0.2, 0.25) is 0 Å². The second kappa shape index (κ2) is 12.4. The molecule has 2 aromatic rings. The van der Waals surface area contributed by atoms with Crippen molar-refractivity contribution in [3.05, 3.63) is 47.2 Å². The van der Waals surface area contributed by atoms with Crippen LogP contribution in [-0.2, 0) is 36.9 Å². The van der Waals surface area contributed by atoms with Crippen LogP contribution in [0.4, 0.5) is 4.79 Å². The van der Waals surface area contributed by atoms with Crippen LogP contribution >= 0.6 is 0 Å². The van der Waals surface area contributed by atoms with Gasteiger partial charge in [-0.1, -0.05) is 45.9 Å². The minimum atomic E-state index is -0.973. The predicted molar refractivity (Wildman–Crippen MR) is 167 cm³/mol. The van der Waals surface area contributed by atoms with E-state index in [1.807, 2.05) is 32.9 Å². The molecule has 2 heterocycles. The second-order valence-corrected chi connectivity index (χ2v) is 13.3. The van der Waals surface area contributed by atoms with Gasteiger partial charge in [0.25, 0.3) is 0 Å². The highest BCUT2D eigenvalue weighted by molar-refractivity contribution is 5.98. The Morgan fingerprint density at radius 1 is 1.14 bits per heavy atom. The Hall–Kier alpha value is -2.68. The number of methoxy groups -OCH3 is 1. The average molecular weight is 595 g/mol. The van der Waals surface area contributed by atoms with Gasteiger partial charge in [-0.2, -0.15) is 0 Å². The summed E-state index contributed by atoms with van der Waals surface area (Å²) in [5, 5.41) is 4.04. The van der Waals surface area contributed by atoms with E-state index in [1.54, 1.807) is 7.11 Å². The summed E-state index contributed by atoms with van der Waals surface area (Å²) in [5.41, 5.74) is 3.22. The van der Waals surface area contributed by atoms with Crippen molar-refractivity contribution in [3.63, 3.8) is 0 Å². The number of carbonyl (C=O) groups excluding carboxylic acids is 2. The third-order valence-electron chi connectivity index (χ3n) is 10.3. The molecule has 1 amide bonds. The maximum atomic E-state index is 13.5. The first-order chi connectivity index (χ1) is 20.5. The SMILES string of the molecule is CCCNC(=O)OCn1c2c(c3ccccc31)CCCC(OCCC)C1C3=CC(=O)C(C)(C)O[C@@]3(OC)CC[C@]1(C)[C@H]2C. The summed E-state index contributed by atoms with van der Waals surface area (Å²) >= 11 is 0. The summed E-state index contributed by atoms with van der Waals surface area (Å²) in [6, 6.07) is 8.44. The van der Waals surface area contributed by atoms with Crippen LogP contribution < -0.4 is 5.32 Å². The van der Waals surface area contributed by atoms with E-state index in [-0.39, 0.29) is 35.9 Å². The van der Waals surface area contributed by atoms with Crippen LogP contribution in [0.1, 0.15) is 97.2 Å². The maximum Gasteiger partial charge on any atom is 0.408 e. The van der Waals surface area contributed by atoms with Crippen molar-refractivity contribution in [1.82, 2.24) is 9.88 Å². The molecule has 1 fully saturated rings. The molecule has 1 N–H and O–H groups in total. The third kappa shape index (κ3) is 5.55. The van der Waals surface area contributed by atoms with Gasteiger partial charge in [-0.15, -0.1) is 0 Å². The minimum Gasteiger partial charge on any atom is -0.428 e. The van der Waals surface area contributed by atoms with Crippen LogP contribution in [0.25, 0.3) is 10.9 Å². The molecule has 5 rings (SSSR count). The zero-order valence-electron chi connectivity index (χ0n) is 27.1. The Balaban J connectivity index is 1.67. The predicted octanol–water partition coefficient (Wildman–Crippen LogP) is 7.03. The van der Waals surface area contributed by atoms with Gasteiger partial charge >= 0.3 is 6.09 Å². The van der Waals surface area contributed by atoms with E-state index in [0.717, 1.165) is 49.6 Å². The molecule has 0 saturated heterocycles. The van der Waals surface area contributed by atoms with Crippen LogP contribution in [0.3, 0.4) is 0 Å². The van der Waals surface area contributed by atoms with E-state index in [4.69, 9.17) is 18.9 Å². The molecule has 3 aliphatic rings. The summed E-state index contributed by atoms with van der Waals surface area (Å²) in [6.45, 7) is 13.8. The highest BCUT2D eigenvalue weighted by Crippen LogP contribution is 2.61. The molecule has 1 saturated carbocycles. The lowest BCUT2D eigenvalue weighted by Crippen LogP contribution is -2.60. The van der Waals surface area contributed by atoms with E-state index >= 15 is 0 Å². The number of amides is 1. The molecule has 8 nitrogen and oxygen atoms in total. The summed E-state index contributed by atoms with van der Waals surface area (Å²) in [7, 11) is 1.69. The Morgan fingerprint density at radius 2 is 1.91 bits per heavy atom. The quantitative estimate of drug-likeness (QED) is 0.353. The molecular formula is C35H50N2O6. The number of nitrogens with one attached hydrogen (secondary N) is 1. The number of rotatable bonds is 8. The largest absolute Gasteiger partial charge is 0.428 e. The number of alkyl carbamates (subject to hydrolysis) is 1. The Bertz CT molecular complexity index is 1380. The number of carbonyl (C=O) groups is 2. The van der Waals surface area contributed by atoms with Crippen molar-refractivity contribution in [3.8, 4) is 0 Å². The third-order valence-corrected chi connectivity index (χ3v) is 10.3. The van der Waals surface area contributed by atoms with Crippen LogP contribution in [-0.4, -0.2) is 54.2 Å². The molecule has 0 bridgehead atoms. The summed E-state index contributed by atoms with van der Waals surface area (Å²) in [5.74, 6) is -1.07. The number of aryl methyl sites for hydroxylation is 1. The highest BCUT2D eigenvalue weighted by atomic mass is 16.7. The van der Waals surface area contributed by atoms with Crippen LogP contribution in [0.5, 0.6) is 0 Å². The monoisotopic (exact) mass is 594 g/mol. The number of nitrogens with zero attached hydrogens (tertiary/aromatic N) is 1. The first kappa shape index (κ1) is 31.7. The van der Waals surface area contributed by atoms with E-state index in [0.29, 0.717) is 19.6 Å². The molecule has 43 heavy (non-hydrogen) atoms. The first-order valence-corrected chi connectivity index (χ1v) is 16.2. The van der Waals surface area contributed by atoms with Crippen molar-refractivity contribution in [2.24, 2.45) is 11.3 Å². The zero-order valence-corrected chi connectivity index (χ0v) is 27.1. The number of benzene rings is 1. The van der Waals surface area contributed by atoms with Gasteiger partial charge in [0.05, 0.1) is 11.6 Å². The van der Waals surface area contributed by atoms with E-state index < -0.39 is 17.5 Å². The normalized spacial score (nSPS) is 30.3. The molecule has 1 aromatic carbocycles. The van der Waals surface area contributed by atoms with E-state index in [2.05, 4.69) is 48.9 Å². The van der Waals surface area contributed by atoms with Crippen molar-refractivity contribution < 1.29 is 28.5 Å². The van der Waals surface area contributed by atoms with Gasteiger partial charge in [0.15, 0.2) is 18.3 Å². The summed E-state index contributed by atoms with van der Waals surface area (Å²) in [4.78, 5) is 26.0. The number of hydrogen-bond donors (Lipinski definition) is 1. The molecule has 2 unspecified atom stereocenters. The van der Waals surface area contributed by atoms with Crippen molar-refractivity contribution in [2.45, 2.75) is 117 Å². The fourth-order valence-electron chi connectivity index (χ4n) is 7.89. The van der Waals surface area contributed by atoms with Crippen molar-refractivity contribution >= 4 is 22.8 Å². The van der Waals surface area contributed by atoms with Crippen molar-refractivity contribution in [1.29, 1.82) is 0 Å². The van der Waals surface area contributed by atoms with Crippen LogP contribution in [0, 0.1) is 11.3 Å². The Labute approximate surface area is 256 Å². The lowest BCUT2D eigenvalue weighted by molar-refractivity contribution is -0.272. The van der Waals surface area contributed by atoms with Gasteiger partial charge in [0.1, 0.15) is 5.60 Å². The molecule has 236 valence electrons. The number of aromatic nitrogens is 1. The molecule has 5 atom stereocenters. The van der Waals surface area contributed by atoms with E-state index in [1.165, 1.54) is 16.6 Å². The van der Waals surface area contributed by atoms with E-state index in [9.17, 15) is 9.59 Å². The number of fused-ring (bicyclic) bond motifs is 6. The molecule has 0 radical (unpaired) electrons. The fraction of sp³-hybridized carbons (Fsp3) is 0.657.